The van der Waals surface area contributed by atoms with E-state index in [1.165, 1.54) is 28.5 Å². The molecule has 0 spiro atoms. The molecule has 0 bridgehead atoms. The van der Waals surface area contributed by atoms with Gasteiger partial charge in [0.15, 0.2) is 22.3 Å². The molecule has 2 atom stereocenters. The second-order valence-corrected chi connectivity index (χ2v) is 14.9. The average molecular weight is 826 g/mol. The summed E-state index contributed by atoms with van der Waals surface area (Å²) in [4.78, 5) is 77.9. The van der Waals surface area contributed by atoms with Crippen LogP contribution >= 0.6 is 11.3 Å². The van der Waals surface area contributed by atoms with Crippen molar-refractivity contribution < 1.29 is 38.8 Å². The van der Waals surface area contributed by atoms with Gasteiger partial charge in [0.25, 0.3) is 17.5 Å². The molecule has 4 heterocycles. The van der Waals surface area contributed by atoms with Gasteiger partial charge in [0, 0.05) is 52.9 Å². The molecule has 4 N–H and O–H groups in total. The quantitative estimate of drug-likeness (QED) is 0.0368. The zero-order valence-electron chi connectivity index (χ0n) is 31.5. The fourth-order valence-corrected chi connectivity index (χ4v) is 8.03. The van der Waals surface area contributed by atoms with E-state index in [9.17, 15) is 34.4 Å². The maximum atomic E-state index is 14.2. The molecule has 2 saturated heterocycles. The van der Waals surface area contributed by atoms with Crippen molar-refractivity contribution >= 4 is 51.6 Å². The van der Waals surface area contributed by atoms with Crippen LogP contribution in [0.5, 0.6) is 0 Å². The summed E-state index contributed by atoms with van der Waals surface area (Å²) in [5, 5.41) is 30.2. The number of oxime groups is 1. The molecule has 0 saturated carbocycles. The fourth-order valence-electron chi connectivity index (χ4n) is 7.48. The Bertz CT molecular complexity index is 2480. The van der Waals surface area contributed by atoms with E-state index in [0.29, 0.717) is 28.8 Å². The number of nitro benzene ring substituents is 1. The molecule has 17 heteroatoms. The Morgan fingerprint density at radius 1 is 0.983 bits per heavy atom. The number of β-lactam (4-membered cyclic amide) rings is 1. The Balaban J connectivity index is 1.06. The topological polar surface area (TPSA) is 220 Å². The van der Waals surface area contributed by atoms with Crippen LogP contribution in [-0.2, 0) is 40.9 Å². The van der Waals surface area contributed by atoms with E-state index in [0.717, 1.165) is 16.2 Å². The molecule has 302 valence electrons. The number of hydrogen-bond donors (Lipinski definition) is 3. The molecular formula is C43H35N7O9S. The number of non-ortho nitro benzene ring substituents is 1. The lowest BCUT2D eigenvalue weighted by Gasteiger charge is -2.49. The van der Waals surface area contributed by atoms with Crippen LogP contribution in [0.15, 0.2) is 149 Å². The SMILES string of the molecule is Nc1nc(/C(=N/OC(c2ccccc2)(c2ccccc2)c2ccccc2)C(=O)N[C@@H]2C(=O)N3C(C(=O)O)=C(/C=C4\CCN(Cc5ccc([N+](=O)[O-])cc5)C4=O)OC[C@H]23)cs1. The minimum absolute atomic E-state index is 0.0740. The van der Waals surface area contributed by atoms with Gasteiger partial charge >= 0.3 is 5.97 Å². The monoisotopic (exact) mass is 825 g/mol. The van der Waals surface area contributed by atoms with Gasteiger partial charge in [-0.15, -0.1) is 11.3 Å². The van der Waals surface area contributed by atoms with Gasteiger partial charge in [0.05, 0.1) is 4.92 Å². The molecule has 3 amide bonds. The highest BCUT2D eigenvalue weighted by Crippen LogP contribution is 2.41. The van der Waals surface area contributed by atoms with Gasteiger partial charge in [-0.1, -0.05) is 108 Å². The summed E-state index contributed by atoms with van der Waals surface area (Å²) < 4.78 is 5.89. The van der Waals surface area contributed by atoms with Crippen molar-refractivity contribution in [1.82, 2.24) is 20.1 Å². The molecule has 8 rings (SSSR count). The van der Waals surface area contributed by atoms with Gasteiger partial charge in [-0.25, -0.2) is 9.78 Å². The normalized spacial score (nSPS) is 18.5. The number of rotatable bonds is 13. The number of fused-ring (bicyclic) bond motifs is 1. The van der Waals surface area contributed by atoms with Crippen LogP contribution in [0, 0.1) is 10.1 Å². The van der Waals surface area contributed by atoms with Crippen molar-refractivity contribution in [2.75, 3.05) is 18.9 Å². The van der Waals surface area contributed by atoms with Crippen LogP contribution in [0.2, 0.25) is 0 Å². The summed E-state index contributed by atoms with van der Waals surface area (Å²) in [6.07, 6.45) is 1.59. The number of aromatic nitrogens is 1. The van der Waals surface area contributed by atoms with E-state index in [2.05, 4.69) is 15.5 Å². The first-order chi connectivity index (χ1) is 29.0. The van der Waals surface area contributed by atoms with E-state index < -0.39 is 46.1 Å². The highest BCUT2D eigenvalue weighted by atomic mass is 32.1. The van der Waals surface area contributed by atoms with E-state index in [1.54, 1.807) is 12.1 Å². The fraction of sp³-hybridized carbons (Fsp3) is 0.163. The smallest absolute Gasteiger partial charge is 0.356 e. The number of benzene rings is 4. The Morgan fingerprint density at radius 3 is 2.12 bits per heavy atom. The van der Waals surface area contributed by atoms with Crippen LogP contribution in [0.25, 0.3) is 0 Å². The summed E-state index contributed by atoms with van der Waals surface area (Å²) in [7, 11) is 0. The molecule has 0 aliphatic carbocycles. The Morgan fingerprint density at radius 2 is 1.58 bits per heavy atom. The first kappa shape index (κ1) is 39.2. The number of aliphatic carboxylic acids is 1. The van der Waals surface area contributed by atoms with Crippen LogP contribution in [0.1, 0.15) is 34.4 Å². The third-order valence-corrected chi connectivity index (χ3v) is 11.1. The van der Waals surface area contributed by atoms with E-state index in [4.69, 9.17) is 15.3 Å². The number of carboxylic acids is 1. The number of ether oxygens (including phenoxy) is 1. The maximum absolute atomic E-state index is 14.2. The van der Waals surface area contributed by atoms with Crippen molar-refractivity contribution in [2.45, 2.75) is 30.7 Å². The number of hydrogen-bond acceptors (Lipinski definition) is 12. The number of nitrogens with zero attached hydrogens (tertiary/aromatic N) is 5. The highest BCUT2D eigenvalue weighted by Gasteiger charge is 2.55. The van der Waals surface area contributed by atoms with Crippen molar-refractivity contribution in [3.05, 3.63) is 182 Å². The minimum Gasteiger partial charge on any atom is -0.489 e. The van der Waals surface area contributed by atoms with Crippen LogP contribution < -0.4 is 11.1 Å². The van der Waals surface area contributed by atoms with E-state index in [1.807, 2.05) is 91.0 Å². The Kier molecular flexibility index (Phi) is 10.6. The minimum atomic E-state index is -1.47. The second kappa shape index (κ2) is 16.3. The van der Waals surface area contributed by atoms with Gasteiger partial charge in [-0.2, -0.15) is 0 Å². The lowest BCUT2D eigenvalue weighted by Crippen LogP contribution is -2.73. The van der Waals surface area contributed by atoms with Gasteiger partial charge in [-0.05, 0) is 18.1 Å². The molecular weight excluding hydrogens is 791 g/mol. The Hall–Kier alpha value is -7.66. The van der Waals surface area contributed by atoms with Gasteiger partial charge in [-0.3, -0.25) is 29.4 Å². The van der Waals surface area contributed by atoms with Crippen molar-refractivity contribution in [2.24, 2.45) is 5.16 Å². The molecule has 16 nitrogen and oxygen atoms in total. The number of nitrogens with one attached hydrogen (secondary N) is 1. The van der Waals surface area contributed by atoms with Crippen LogP contribution in [0.3, 0.4) is 0 Å². The largest absolute Gasteiger partial charge is 0.489 e. The maximum Gasteiger partial charge on any atom is 0.356 e. The van der Waals surface area contributed by atoms with E-state index in [-0.39, 0.29) is 59.0 Å². The molecule has 3 aliphatic heterocycles. The predicted octanol–water partition coefficient (Wildman–Crippen LogP) is 4.73. The Labute approximate surface area is 346 Å². The summed E-state index contributed by atoms with van der Waals surface area (Å²) in [5.41, 5.74) is 6.97. The van der Waals surface area contributed by atoms with Crippen LogP contribution in [0.4, 0.5) is 10.8 Å². The first-order valence-electron chi connectivity index (χ1n) is 18.7. The highest BCUT2D eigenvalue weighted by molar-refractivity contribution is 7.13. The molecule has 0 radical (unpaired) electrons. The summed E-state index contributed by atoms with van der Waals surface area (Å²) >= 11 is 1.08. The number of carbonyl (C=O) groups is 4. The van der Waals surface area contributed by atoms with E-state index >= 15 is 0 Å². The zero-order chi connectivity index (χ0) is 42.0. The molecule has 1 aromatic heterocycles. The molecule has 3 aliphatic rings. The summed E-state index contributed by atoms with van der Waals surface area (Å²) in [6, 6.07) is 31.9. The number of anilines is 1. The number of carboxylic acid groups (broad SMARTS) is 1. The van der Waals surface area contributed by atoms with Crippen molar-refractivity contribution in [3.63, 3.8) is 0 Å². The van der Waals surface area contributed by atoms with Crippen molar-refractivity contribution in [1.29, 1.82) is 0 Å². The number of amides is 3. The molecule has 4 aromatic carbocycles. The van der Waals surface area contributed by atoms with Crippen LogP contribution in [-0.4, -0.2) is 79.5 Å². The first-order valence-corrected chi connectivity index (χ1v) is 19.5. The molecule has 60 heavy (non-hydrogen) atoms. The third kappa shape index (κ3) is 7.33. The predicted molar refractivity (Wildman–Crippen MR) is 218 cm³/mol. The second-order valence-electron chi connectivity index (χ2n) is 14.0. The number of allylic oxidation sites excluding steroid dienone is 1. The number of carbonyl (C=O) groups excluding carboxylic acids is 3. The van der Waals surface area contributed by atoms with Gasteiger partial charge in [0.1, 0.15) is 24.4 Å². The number of likely N-dealkylation sites (tertiary alicyclic amines) is 1. The molecule has 2 fully saturated rings. The zero-order valence-corrected chi connectivity index (χ0v) is 32.4. The van der Waals surface area contributed by atoms with Crippen molar-refractivity contribution in [3.8, 4) is 0 Å². The standard InChI is InChI=1S/C43H35N7O9S/c44-42-45-32(25-60-42)35(47-59-43(28-10-4-1-5-11-28,29-12-6-2-7-13-29)30-14-8-3-9-15-30)38(51)46-36-33-24-58-34(37(41(54)55)49(33)40(36)53)22-27-20-21-48(39(27)52)23-26-16-18-31(19-17-26)50(56)57/h1-19,22,25,33,36H,20-21,23-24H2,(H2,44,45)(H,46,51)(H,54,55)/b27-22+,47-35-/t33-,36+/m1/s1. The third-order valence-electron chi connectivity index (χ3n) is 10.4. The van der Waals surface area contributed by atoms with Gasteiger partial charge in [0.2, 0.25) is 11.5 Å². The average Bonchev–Trinajstić information content (AvgIpc) is 3.85. The molecule has 5 aromatic rings. The lowest BCUT2D eigenvalue weighted by atomic mass is 9.80. The number of nitrogens with two attached hydrogens (primary N) is 1. The lowest BCUT2D eigenvalue weighted by molar-refractivity contribution is -0.384. The summed E-state index contributed by atoms with van der Waals surface area (Å²) in [5.74, 6) is -3.56. The number of nitro groups is 1. The summed E-state index contributed by atoms with van der Waals surface area (Å²) in [6.45, 7) is 0.306. The number of nitrogen functional groups attached to an aromatic ring is 1. The number of thiazole rings is 1. The molecule has 0 unspecified atom stereocenters. The van der Waals surface area contributed by atoms with Gasteiger partial charge < -0.3 is 30.6 Å².